The van der Waals surface area contributed by atoms with Crippen LogP contribution in [0.1, 0.15) is 21.6 Å². The van der Waals surface area contributed by atoms with Crippen LogP contribution in [-0.2, 0) is 6.61 Å². The van der Waals surface area contributed by atoms with Crippen LogP contribution in [0.25, 0.3) is 0 Å². The average Bonchev–Trinajstić information content (AvgIpc) is 2.49. The molecule has 0 fully saturated rings. The van der Waals surface area contributed by atoms with Gasteiger partial charge in [-0.2, -0.15) is 0 Å². The fourth-order valence-corrected chi connectivity index (χ4v) is 2.22. The Morgan fingerprint density at radius 1 is 1.24 bits per heavy atom. The Morgan fingerprint density at radius 2 is 2.12 bits per heavy atom. The Hall–Kier alpha value is -1.68. The van der Waals surface area contributed by atoms with Crippen LogP contribution < -0.4 is 4.74 Å². The number of rotatable bonds is 0. The van der Waals surface area contributed by atoms with Gasteiger partial charge < -0.3 is 4.74 Å². The van der Waals surface area contributed by atoms with Crippen LogP contribution in [0.15, 0.2) is 41.0 Å². The quantitative estimate of drug-likeness (QED) is 0.748. The van der Waals surface area contributed by atoms with E-state index >= 15 is 0 Å². The number of carbonyl (C=O) groups excluding carboxylic acids is 1. The van der Waals surface area contributed by atoms with E-state index in [1.165, 1.54) is 0 Å². The Morgan fingerprint density at radius 3 is 3.00 bits per heavy atom. The number of pyridine rings is 1. The molecule has 1 aromatic heterocycles. The number of fused-ring (bicyclic) bond motifs is 2. The molecule has 84 valence electrons. The van der Waals surface area contributed by atoms with Crippen LogP contribution in [0.4, 0.5) is 0 Å². The van der Waals surface area contributed by atoms with Gasteiger partial charge in [0.25, 0.3) is 0 Å². The maximum absolute atomic E-state index is 12.3. The lowest BCUT2D eigenvalue weighted by molar-refractivity contribution is 0.103. The van der Waals surface area contributed by atoms with Gasteiger partial charge in [-0.1, -0.05) is 15.9 Å². The van der Waals surface area contributed by atoms with Crippen molar-refractivity contribution in [1.82, 2.24) is 4.98 Å². The number of hydrogen-bond acceptors (Lipinski definition) is 3. The molecule has 0 N–H and O–H groups in total. The number of aromatic nitrogens is 1. The molecule has 0 unspecified atom stereocenters. The van der Waals surface area contributed by atoms with Crippen molar-refractivity contribution in [3.63, 3.8) is 0 Å². The van der Waals surface area contributed by atoms with E-state index in [-0.39, 0.29) is 5.78 Å². The molecule has 2 heterocycles. The number of carbonyl (C=O) groups is 1. The first-order valence-corrected chi connectivity index (χ1v) is 5.96. The molecule has 0 aliphatic carbocycles. The van der Waals surface area contributed by atoms with Crippen molar-refractivity contribution in [2.75, 3.05) is 0 Å². The summed E-state index contributed by atoms with van der Waals surface area (Å²) in [5.74, 6) is 0.568. The van der Waals surface area contributed by atoms with Gasteiger partial charge >= 0.3 is 0 Å². The minimum atomic E-state index is -0.0399. The molecule has 17 heavy (non-hydrogen) atoms. The molecule has 1 aliphatic rings. The van der Waals surface area contributed by atoms with Crippen LogP contribution in [0.2, 0.25) is 0 Å². The number of hydrogen-bond donors (Lipinski definition) is 0. The summed E-state index contributed by atoms with van der Waals surface area (Å²) < 4.78 is 6.46. The molecule has 1 aliphatic heterocycles. The SMILES string of the molecule is O=C1c2cc(Br)ccc2OCc2ncccc21. The van der Waals surface area contributed by atoms with Gasteiger partial charge in [-0.3, -0.25) is 9.78 Å². The van der Waals surface area contributed by atoms with Crippen LogP contribution >= 0.6 is 15.9 Å². The summed E-state index contributed by atoms with van der Waals surface area (Å²) in [5, 5.41) is 0. The van der Waals surface area contributed by atoms with Crippen molar-refractivity contribution in [1.29, 1.82) is 0 Å². The summed E-state index contributed by atoms with van der Waals surface area (Å²) in [6, 6.07) is 8.97. The van der Waals surface area contributed by atoms with E-state index in [1.54, 1.807) is 30.5 Å². The van der Waals surface area contributed by atoms with Gasteiger partial charge in [0.05, 0.1) is 11.3 Å². The summed E-state index contributed by atoms with van der Waals surface area (Å²) in [6.45, 7) is 0.330. The standard InChI is InChI=1S/C13H8BrNO2/c14-8-3-4-12-10(6-8)13(16)9-2-1-5-15-11(9)7-17-12/h1-6H,7H2. The zero-order valence-corrected chi connectivity index (χ0v) is 10.4. The van der Waals surface area contributed by atoms with E-state index in [1.807, 2.05) is 6.07 Å². The third-order valence-electron chi connectivity index (χ3n) is 2.69. The van der Waals surface area contributed by atoms with Crippen LogP contribution in [-0.4, -0.2) is 10.8 Å². The van der Waals surface area contributed by atoms with E-state index in [9.17, 15) is 4.79 Å². The molecule has 0 amide bonds. The second-order valence-electron chi connectivity index (χ2n) is 3.76. The van der Waals surface area contributed by atoms with Gasteiger partial charge in [-0.25, -0.2) is 0 Å². The summed E-state index contributed by atoms with van der Waals surface area (Å²) in [4.78, 5) is 16.5. The topological polar surface area (TPSA) is 39.2 Å². The smallest absolute Gasteiger partial charge is 0.198 e. The first kappa shape index (κ1) is 10.5. The van der Waals surface area contributed by atoms with Gasteiger partial charge in [0.2, 0.25) is 0 Å². The lowest BCUT2D eigenvalue weighted by atomic mass is 10.0. The summed E-state index contributed by atoms with van der Waals surface area (Å²) in [6.07, 6.45) is 1.67. The lowest BCUT2D eigenvalue weighted by Gasteiger charge is -2.05. The number of halogens is 1. The number of nitrogens with zero attached hydrogens (tertiary/aromatic N) is 1. The molecule has 0 radical (unpaired) electrons. The number of ether oxygens (including phenoxy) is 1. The molecule has 0 atom stereocenters. The number of benzene rings is 1. The van der Waals surface area contributed by atoms with Crippen molar-refractivity contribution in [2.45, 2.75) is 6.61 Å². The fourth-order valence-electron chi connectivity index (χ4n) is 1.86. The highest BCUT2D eigenvalue weighted by Crippen LogP contribution is 2.29. The largest absolute Gasteiger partial charge is 0.486 e. The molecular formula is C13H8BrNO2. The van der Waals surface area contributed by atoms with Crippen LogP contribution in [0.3, 0.4) is 0 Å². The first-order chi connectivity index (χ1) is 8.25. The van der Waals surface area contributed by atoms with Gasteiger partial charge in [-0.05, 0) is 30.3 Å². The normalized spacial score (nSPS) is 13.4. The zero-order chi connectivity index (χ0) is 11.8. The molecule has 1 aromatic carbocycles. The Balaban J connectivity index is 2.22. The van der Waals surface area contributed by atoms with E-state index in [2.05, 4.69) is 20.9 Å². The number of ketones is 1. The minimum Gasteiger partial charge on any atom is -0.486 e. The summed E-state index contributed by atoms with van der Waals surface area (Å²) >= 11 is 3.36. The minimum absolute atomic E-state index is 0.0399. The monoisotopic (exact) mass is 289 g/mol. The molecule has 3 rings (SSSR count). The molecule has 0 spiro atoms. The van der Waals surface area contributed by atoms with E-state index in [0.29, 0.717) is 29.2 Å². The summed E-state index contributed by atoms with van der Waals surface area (Å²) in [5.41, 5.74) is 1.88. The second-order valence-corrected chi connectivity index (χ2v) is 4.67. The third-order valence-corrected chi connectivity index (χ3v) is 3.18. The van der Waals surface area contributed by atoms with E-state index < -0.39 is 0 Å². The zero-order valence-electron chi connectivity index (χ0n) is 8.81. The predicted molar refractivity (Wildman–Crippen MR) is 66.1 cm³/mol. The van der Waals surface area contributed by atoms with Gasteiger partial charge in [-0.15, -0.1) is 0 Å². The lowest BCUT2D eigenvalue weighted by Crippen LogP contribution is -2.04. The van der Waals surface area contributed by atoms with Gasteiger partial charge in [0.1, 0.15) is 12.4 Å². The van der Waals surface area contributed by atoms with Crippen molar-refractivity contribution in [2.24, 2.45) is 0 Å². The van der Waals surface area contributed by atoms with E-state index in [0.717, 1.165) is 4.47 Å². The fraction of sp³-hybridized carbons (Fsp3) is 0.0769. The van der Waals surface area contributed by atoms with Gasteiger partial charge in [0.15, 0.2) is 5.78 Å². The second kappa shape index (κ2) is 3.96. The van der Waals surface area contributed by atoms with E-state index in [4.69, 9.17) is 4.74 Å². The maximum atomic E-state index is 12.3. The van der Waals surface area contributed by atoms with Gasteiger partial charge in [0, 0.05) is 16.2 Å². The van der Waals surface area contributed by atoms with Crippen molar-refractivity contribution >= 4 is 21.7 Å². The van der Waals surface area contributed by atoms with Crippen LogP contribution in [0, 0.1) is 0 Å². The third kappa shape index (κ3) is 1.74. The summed E-state index contributed by atoms with van der Waals surface area (Å²) in [7, 11) is 0. The molecular weight excluding hydrogens is 282 g/mol. The molecule has 3 nitrogen and oxygen atoms in total. The molecule has 4 heteroatoms. The molecule has 0 saturated carbocycles. The maximum Gasteiger partial charge on any atom is 0.198 e. The molecule has 0 saturated heterocycles. The molecule has 0 bridgehead atoms. The highest BCUT2D eigenvalue weighted by molar-refractivity contribution is 9.10. The Bertz CT molecular complexity index is 610. The van der Waals surface area contributed by atoms with Crippen molar-refractivity contribution in [3.8, 4) is 5.75 Å². The predicted octanol–water partition coefficient (Wildman–Crippen LogP) is 2.97. The highest BCUT2D eigenvalue weighted by atomic mass is 79.9. The van der Waals surface area contributed by atoms with Crippen molar-refractivity contribution in [3.05, 3.63) is 57.8 Å². The Labute approximate surface area is 107 Å². The first-order valence-electron chi connectivity index (χ1n) is 5.16. The van der Waals surface area contributed by atoms with Crippen LogP contribution in [0.5, 0.6) is 5.75 Å². The molecule has 2 aromatic rings. The Kier molecular flexibility index (Phi) is 2.44. The average molecular weight is 290 g/mol. The highest BCUT2D eigenvalue weighted by Gasteiger charge is 2.22. The van der Waals surface area contributed by atoms with Crippen molar-refractivity contribution < 1.29 is 9.53 Å².